The third kappa shape index (κ3) is 4.16. The van der Waals surface area contributed by atoms with Gasteiger partial charge in [0.2, 0.25) is 0 Å². The van der Waals surface area contributed by atoms with Gasteiger partial charge in [-0.3, -0.25) is 0 Å². The van der Waals surface area contributed by atoms with Crippen molar-refractivity contribution in [2.75, 3.05) is 11.9 Å². The van der Waals surface area contributed by atoms with E-state index >= 15 is 0 Å². The van der Waals surface area contributed by atoms with E-state index < -0.39 is 11.8 Å². The number of anilines is 1. The van der Waals surface area contributed by atoms with Gasteiger partial charge in [0.25, 0.3) is 0 Å². The Bertz CT molecular complexity index is 629. The lowest BCUT2D eigenvalue weighted by Gasteiger charge is -2.10. The van der Waals surface area contributed by atoms with Gasteiger partial charge in [-0.05, 0) is 30.2 Å². The molecule has 0 aromatic heterocycles. The number of nitrogens with one attached hydrogen (secondary N) is 2. The van der Waals surface area contributed by atoms with Gasteiger partial charge in [-0.15, -0.1) is 0 Å². The molecule has 0 aliphatic heterocycles. The van der Waals surface area contributed by atoms with E-state index in [1.54, 1.807) is 18.2 Å². The van der Waals surface area contributed by atoms with Crippen molar-refractivity contribution in [3.8, 4) is 0 Å². The van der Waals surface area contributed by atoms with Gasteiger partial charge < -0.3 is 10.6 Å². The molecule has 0 saturated heterocycles. The van der Waals surface area contributed by atoms with Crippen molar-refractivity contribution in [1.29, 1.82) is 0 Å². The van der Waals surface area contributed by atoms with Crippen LogP contribution in [0.2, 0.25) is 5.02 Å². The molecule has 2 aromatic carbocycles. The van der Waals surface area contributed by atoms with Crippen LogP contribution in [-0.2, 0) is 6.42 Å². The van der Waals surface area contributed by atoms with Gasteiger partial charge in [0.15, 0.2) is 0 Å². The van der Waals surface area contributed by atoms with Crippen LogP contribution in [-0.4, -0.2) is 12.6 Å². The second kappa shape index (κ2) is 7.04. The monoisotopic (exact) mass is 310 g/mol. The fourth-order valence-corrected chi connectivity index (χ4v) is 2.00. The van der Waals surface area contributed by atoms with Gasteiger partial charge in [0.1, 0.15) is 11.6 Å². The molecule has 110 valence electrons. The third-order valence-corrected chi connectivity index (χ3v) is 3.15. The van der Waals surface area contributed by atoms with Crippen LogP contribution >= 0.6 is 11.6 Å². The maximum Gasteiger partial charge on any atom is 0.319 e. The molecule has 2 rings (SSSR count). The number of para-hydroxylation sites is 1. The number of amides is 2. The zero-order valence-corrected chi connectivity index (χ0v) is 11.8. The quantitative estimate of drug-likeness (QED) is 0.881. The molecule has 21 heavy (non-hydrogen) atoms. The molecule has 0 radical (unpaired) electrons. The highest BCUT2D eigenvalue weighted by Gasteiger charge is 2.10. The number of benzene rings is 2. The van der Waals surface area contributed by atoms with E-state index in [9.17, 15) is 13.6 Å². The van der Waals surface area contributed by atoms with E-state index in [-0.39, 0.29) is 23.1 Å². The highest BCUT2D eigenvalue weighted by Crippen LogP contribution is 2.24. The Hall–Kier alpha value is -2.14. The molecule has 0 unspecified atom stereocenters. The van der Waals surface area contributed by atoms with E-state index in [2.05, 4.69) is 10.6 Å². The second-order valence-corrected chi connectivity index (χ2v) is 4.73. The molecule has 0 aliphatic rings. The lowest BCUT2D eigenvalue weighted by Crippen LogP contribution is -2.31. The largest absolute Gasteiger partial charge is 0.338 e. The van der Waals surface area contributed by atoms with Crippen LogP contribution in [0.3, 0.4) is 0 Å². The lowest BCUT2D eigenvalue weighted by molar-refractivity contribution is 0.252. The summed E-state index contributed by atoms with van der Waals surface area (Å²) in [5.74, 6) is -0.941. The number of hydrogen-bond donors (Lipinski definition) is 2. The van der Waals surface area contributed by atoms with Crippen LogP contribution in [0.15, 0.2) is 42.5 Å². The third-order valence-electron chi connectivity index (χ3n) is 2.84. The Labute approximate surface area is 125 Å². The SMILES string of the molecule is O=C(NCCc1ccccc1F)Nc1c(F)cccc1Cl. The summed E-state index contributed by atoms with van der Waals surface area (Å²) in [6, 6.07) is 9.83. The smallest absolute Gasteiger partial charge is 0.319 e. The van der Waals surface area contributed by atoms with Gasteiger partial charge in [-0.1, -0.05) is 35.9 Å². The van der Waals surface area contributed by atoms with Gasteiger partial charge in [0.05, 0.1) is 10.7 Å². The van der Waals surface area contributed by atoms with Crippen LogP contribution in [0.4, 0.5) is 19.3 Å². The van der Waals surface area contributed by atoms with Crippen molar-refractivity contribution < 1.29 is 13.6 Å². The Morgan fingerprint density at radius 3 is 2.48 bits per heavy atom. The van der Waals surface area contributed by atoms with Crippen LogP contribution in [0.1, 0.15) is 5.56 Å². The predicted octanol–water partition coefficient (Wildman–Crippen LogP) is 3.98. The summed E-state index contributed by atoms with van der Waals surface area (Å²) < 4.78 is 26.8. The molecule has 0 bridgehead atoms. The Balaban J connectivity index is 1.87. The summed E-state index contributed by atoms with van der Waals surface area (Å²) >= 11 is 5.79. The normalized spacial score (nSPS) is 10.2. The number of carbonyl (C=O) groups is 1. The van der Waals surface area contributed by atoms with Crippen LogP contribution < -0.4 is 10.6 Å². The molecule has 6 heteroatoms. The van der Waals surface area contributed by atoms with Crippen LogP contribution in [0.25, 0.3) is 0 Å². The summed E-state index contributed by atoms with van der Waals surface area (Å²) in [5, 5.41) is 4.96. The highest BCUT2D eigenvalue weighted by molar-refractivity contribution is 6.33. The number of carbonyl (C=O) groups excluding carboxylic acids is 1. The summed E-state index contributed by atoms with van der Waals surface area (Å²) in [4.78, 5) is 11.7. The maximum atomic E-state index is 13.5. The van der Waals surface area contributed by atoms with Crippen LogP contribution in [0, 0.1) is 11.6 Å². The van der Waals surface area contributed by atoms with E-state index in [4.69, 9.17) is 11.6 Å². The van der Waals surface area contributed by atoms with Gasteiger partial charge in [-0.2, -0.15) is 0 Å². The standard InChI is InChI=1S/C15H13ClF2N2O/c16-11-5-3-7-13(18)14(11)20-15(21)19-9-8-10-4-1-2-6-12(10)17/h1-7H,8-9H2,(H2,19,20,21). The predicted molar refractivity (Wildman–Crippen MR) is 78.5 cm³/mol. The summed E-state index contributed by atoms with van der Waals surface area (Å²) in [7, 11) is 0. The number of hydrogen-bond acceptors (Lipinski definition) is 1. The molecule has 0 spiro atoms. The second-order valence-electron chi connectivity index (χ2n) is 4.32. The fourth-order valence-electron chi connectivity index (χ4n) is 1.79. The van der Waals surface area contributed by atoms with Gasteiger partial charge in [-0.25, -0.2) is 13.6 Å². The molecule has 0 atom stereocenters. The topological polar surface area (TPSA) is 41.1 Å². The van der Waals surface area contributed by atoms with Gasteiger partial charge >= 0.3 is 6.03 Å². The van der Waals surface area contributed by atoms with E-state index in [0.717, 1.165) is 0 Å². The molecule has 0 aliphatic carbocycles. The number of rotatable bonds is 4. The van der Waals surface area contributed by atoms with Crippen molar-refractivity contribution in [1.82, 2.24) is 5.32 Å². The van der Waals surface area contributed by atoms with Gasteiger partial charge in [0, 0.05) is 6.54 Å². The summed E-state index contributed by atoms with van der Waals surface area (Å²) in [6.45, 7) is 0.221. The molecular weight excluding hydrogens is 298 g/mol. The number of urea groups is 1. The molecule has 2 N–H and O–H groups in total. The lowest BCUT2D eigenvalue weighted by atomic mass is 10.1. The van der Waals surface area contributed by atoms with Crippen molar-refractivity contribution in [2.45, 2.75) is 6.42 Å². The zero-order valence-electron chi connectivity index (χ0n) is 11.0. The first-order chi connectivity index (χ1) is 10.1. The Morgan fingerprint density at radius 2 is 1.76 bits per heavy atom. The summed E-state index contributed by atoms with van der Waals surface area (Å²) in [5.41, 5.74) is 0.421. The molecule has 0 fully saturated rings. The maximum absolute atomic E-state index is 13.5. The average Bonchev–Trinajstić information content (AvgIpc) is 2.45. The van der Waals surface area contributed by atoms with Crippen molar-refractivity contribution in [3.05, 3.63) is 64.7 Å². The number of halogens is 3. The minimum absolute atomic E-state index is 0.0810. The van der Waals surface area contributed by atoms with Crippen molar-refractivity contribution in [3.63, 3.8) is 0 Å². The average molecular weight is 311 g/mol. The van der Waals surface area contributed by atoms with E-state index in [0.29, 0.717) is 12.0 Å². The zero-order chi connectivity index (χ0) is 15.2. The Morgan fingerprint density at radius 1 is 1.05 bits per heavy atom. The summed E-state index contributed by atoms with van der Waals surface area (Å²) in [6.07, 6.45) is 0.338. The first-order valence-electron chi connectivity index (χ1n) is 6.30. The van der Waals surface area contributed by atoms with Crippen molar-refractivity contribution in [2.24, 2.45) is 0 Å². The van der Waals surface area contributed by atoms with Crippen molar-refractivity contribution >= 4 is 23.3 Å². The molecule has 0 heterocycles. The highest BCUT2D eigenvalue weighted by atomic mass is 35.5. The molecular formula is C15H13ClF2N2O. The molecule has 0 saturated carbocycles. The first-order valence-corrected chi connectivity index (χ1v) is 6.68. The fraction of sp³-hybridized carbons (Fsp3) is 0.133. The Kier molecular flexibility index (Phi) is 5.11. The molecule has 3 nitrogen and oxygen atoms in total. The van der Waals surface area contributed by atoms with E-state index in [1.807, 2.05) is 0 Å². The van der Waals surface area contributed by atoms with Crippen LogP contribution in [0.5, 0.6) is 0 Å². The molecule has 2 aromatic rings. The van der Waals surface area contributed by atoms with E-state index in [1.165, 1.54) is 24.3 Å². The molecule has 2 amide bonds. The first kappa shape index (κ1) is 15.3. The minimum Gasteiger partial charge on any atom is -0.338 e. The minimum atomic E-state index is -0.619.